The molecule has 2 unspecified atom stereocenters. The van der Waals surface area contributed by atoms with E-state index in [2.05, 4.69) is 10.2 Å². The standard InChI is InChI=1S/C15H21N3O3/c1-16-15-11(4-2-6-13(15)18(19)20)10-17-8-9-21-14-7-3-5-12(14)17/h2,4,6,12,14,16H,3,5,7-10H2,1H3. The summed E-state index contributed by atoms with van der Waals surface area (Å²) in [6, 6.07) is 5.74. The van der Waals surface area contributed by atoms with Gasteiger partial charge in [0, 0.05) is 32.2 Å². The Morgan fingerprint density at radius 2 is 2.33 bits per heavy atom. The van der Waals surface area contributed by atoms with Crippen molar-refractivity contribution in [3.05, 3.63) is 33.9 Å². The van der Waals surface area contributed by atoms with Gasteiger partial charge < -0.3 is 10.1 Å². The zero-order valence-electron chi connectivity index (χ0n) is 12.2. The van der Waals surface area contributed by atoms with Gasteiger partial charge in [-0.2, -0.15) is 0 Å². The van der Waals surface area contributed by atoms with E-state index >= 15 is 0 Å². The number of benzene rings is 1. The molecule has 6 heteroatoms. The molecule has 1 saturated heterocycles. The molecule has 6 nitrogen and oxygen atoms in total. The predicted molar refractivity (Wildman–Crippen MR) is 80.4 cm³/mol. The monoisotopic (exact) mass is 291 g/mol. The van der Waals surface area contributed by atoms with Crippen molar-refractivity contribution in [2.24, 2.45) is 0 Å². The van der Waals surface area contributed by atoms with Crippen LogP contribution >= 0.6 is 0 Å². The average Bonchev–Trinajstić information content (AvgIpc) is 2.96. The highest BCUT2D eigenvalue weighted by atomic mass is 16.6. The number of nitrogens with zero attached hydrogens (tertiary/aromatic N) is 2. The largest absolute Gasteiger partial charge is 0.382 e. The molecule has 0 spiro atoms. The summed E-state index contributed by atoms with van der Waals surface area (Å²) >= 11 is 0. The Labute approximate surface area is 124 Å². The number of hydrogen-bond donors (Lipinski definition) is 1. The first-order chi connectivity index (χ1) is 10.2. The van der Waals surface area contributed by atoms with Crippen LogP contribution in [0.3, 0.4) is 0 Å². The molecular formula is C15H21N3O3. The van der Waals surface area contributed by atoms with Crippen LogP contribution in [0.15, 0.2) is 18.2 Å². The summed E-state index contributed by atoms with van der Waals surface area (Å²) < 4.78 is 5.82. The Kier molecular flexibility index (Phi) is 4.07. The molecular weight excluding hydrogens is 270 g/mol. The van der Waals surface area contributed by atoms with Gasteiger partial charge in [-0.25, -0.2) is 0 Å². The van der Waals surface area contributed by atoms with Gasteiger partial charge in [0.1, 0.15) is 5.69 Å². The van der Waals surface area contributed by atoms with Crippen LogP contribution in [0, 0.1) is 10.1 Å². The number of nitro benzene ring substituents is 1. The quantitative estimate of drug-likeness (QED) is 0.681. The predicted octanol–water partition coefficient (Wildman–Crippen LogP) is 2.39. The molecule has 1 aliphatic carbocycles. The zero-order valence-corrected chi connectivity index (χ0v) is 12.2. The molecule has 3 rings (SSSR count). The van der Waals surface area contributed by atoms with Crippen molar-refractivity contribution in [2.45, 2.75) is 38.0 Å². The molecule has 1 N–H and O–H groups in total. The molecule has 0 radical (unpaired) electrons. The van der Waals surface area contributed by atoms with Crippen molar-refractivity contribution in [3.8, 4) is 0 Å². The number of ether oxygens (including phenoxy) is 1. The van der Waals surface area contributed by atoms with Crippen molar-refractivity contribution in [3.63, 3.8) is 0 Å². The molecule has 2 atom stereocenters. The smallest absolute Gasteiger partial charge is 0.292 e. The maximum absolute atomic E-state index is 11.1. The summed E-state index contributed by atoms with van der Waals surface area (Å²) in [6.45, 7) is 2.39. The highest BCUT2D eigenvalue weighted by molar-refractivity contribution is 5.66. The fourth-order valence-electron chi connectivity index (χ4n) is 3.58. The second-order valence-electron chi connectivity index (χ2n) is 5.70. The Hall–Kier alpha value is -1.66. The Bertz CT molecular complexity index is 535. The van der Waals surface area contributed by atoms with Crippen molar-refractivity contribution in [1.82, 2.24) is 4.90 Å². The van der Waals surface area contributed by atoms with Gasteiger partial charge in [0.05, 0.1) is 17.6 Å². The number of nitrogens with one attached hydrogen (secondary N) is 1. The third kappa shape index (κ3) is 2.73. The summed E-state index contributed by atoms with van der Waals surface area (Å²) in [4.78, 5) is 13.2. The number of anilines is 1. The van der Waals surface area contributed by atoms with Crippen LogP contribution in [0.25, 0.3) is 0 Å². The van der Waals surface area contributed by atoms with Gasteiger partial charge in [-0.1, -0.05) is 12.1 Å². The summed E-state index contributed by atoms with van der Waals surface area (Å²) in [5, 5.41) is 14.1. The second-order valence-corrected chi connectivity index (χ2v) is 5.70. The first-order valence-corrected chi connectivity index (χ1v) is 7.50. The molecule has 2 aliphatic rings. The first kappa shape index (κ1) is 14.3. The van der Waals surface area contributed by atoms with Crippen molar-refractivity contribution < 1.29 is 9.66 Å². The average molecular weight is 291 g/mol. The summed E-state index contributed by atoms with van der Waals surface area (Å²) in [7, 11) is 1.74. The molecule has 1 aromatic rings. The molecule has 1 heterocycles. The maximum atomic E-state index is 11.1. The summed E-state index contributed by atoms with van der Waals surface area (Å²) in [6.07, 6.45) is 3.85. The minimum atomic E-state index is -0.326. The van der Waals surface area contributed by atoms with Crippen LogP contribution in [0.1, 0.15) is 24.8 Å². The summed E-state index contributed by atoms with van der Waals surface area (Å²) in [5.74, 6) is 0. The van der Waals surface area contributed by atoms with E-state index in [1.54, 1.807) is 19.2 Å². The van der Waals surface area contributed by atoms with E-state index in [1.165, 1.54) is 6.42 Å². The number of para-hydroxylation sites is 1. The molecule has 1 aliphatic heterocycles. The molecule has 114 valence electrons. The highest BCUT2D eigenvalue weighted by Crippen LogP contribution is 2.33. The fraction of sp³-hybridized carbons (Fsp3) is 0.600. The Morgan fingerprint density at radius 1 is 1.48 bits per heavy atom. The molecule has 1 aromatic carbocycles. The van der Waals surface area contributed by atoms with Crippen LogP contribution in [-0.4, -0.2) is 42.2 Å². The zero-order chi connectivity index (χ0) is 14.8. The lowest BCUT2D eigenvalue weighted by atomic mass is 10.1. The van der Waals surface area contributed by atoms with Crippen molar-refractivity contribution >= 4 is 11.4 Å². The summed E-state index contributed by atoms with van der Waals surface area (Å²) in [5.41, 5.74) is 1.76. The van der Waals surface area contributed by atoms with Crippen LogP contribution < -0.4 is 5.32 Å². The number of nitro groups is 1. The van der Waals surface area contributed by atoms with Crippen molar-refractivity contribution in [2.75, 3.05) is 25.5 Å². The van der Waals surface area contributed by atoms with Gasteiger partial charge >= 0.3 is 0 Å². The van der Waals surface area contributed by atoms with Gasteiger partial charge in [0.15, 0.2) is 0 Å². The van der Waals surface area contributed by atoms with E-state index in [4.69, 9.17) is 4.74 Å². The third-order valence-electron chi connectivity index (χ3n) is 4.55. The van der Waals surface area contributed by atoms with E-state index in [-0.39, 0.29) is 10.6 Å². The molecule has 0 bridgehead atoms. The number of morpholine rings is 1. The third-order valence-corrected chi connectivity index (χ3v) is 4.55. The number of fused-ring (bicyclic) bond motifs is 1. The van der Waals surface area contributed by atoms with Crippen LogP contribution in [0.4, 0.5) is 11.4 Å². The minimum Gasteiger partial charge on any atom is -0.382 e. The Morgan fingerprint density at radius 3 is 3.10 bits per heavy atom. The number of rotatable bonds is 4. The van der Waals surface area contributed by atoms with Gasteiger partial charge in [0.2, 0.25) is 0 Å². The van der Waals surface area contributed by atoms with E-state index in [0.717, 1.165) is 38.1 Å². The van der Waals surface area contributed by atoms with E-state index in [0.29, 0.717) is 17.8 Å². The molecule has 21 heavy (non-hydrogen) atoms. The fourth-order valence-corrected chi connectivity index (χ4v) is 3.58. The van der Waals surface area contributed by atoms with Crippen LogP contribution in [0.5, 0.6) is 0 Å². The van der Waals surface area contributed by atoms with Crippen molar-refractivity contribution in [1.29, 1.82) is 0 Å². The number of hydrogen-bond acceptors (Lipinski definition) is 5. The van der Waals surface area contributed by atoms with Gasteiger partial charge in [-0.05, 0) is 24.8 Å². The van der Waals surface area contributed by atoms with Gasteiger partial charge in [0.25, 0.3) is 5.69 Å². The molecule has 2 fully saturated rings. The maximum Gasteiger partial charge on any atom is 0.292 e. The van der Waals surface area contributed by atoms with E-state index in [9.17, 15) is 10.1 Å². The topological polar surface area (TPSA) is 67.6 Å². The van der Waals surface area contributed by atoms with Crippen LogP contribution in [0.2, 0.25) is 0 Å². The lowest BCUT2D eigenvalue weighted by Gasteiger charge is -2.37. The minimum absolute atomic E-state index is 0.145. The molecule has 0 amide bonds. The molecule has 1 saturated carbocycles. The first-order valence-electron chi connectivity index (χ1n) is 7.50. The van der Waals surface area contributed by atoms with Crippen LogP contribution in [-0.2, 0) is 11.3 Å². The SMILES string of the molecule is CNc1c(CN2CCOC3CCCC32)cccc1[N+](=O)[O-]. The Balaban J connectivity index is 1.84. The lowest BCUT2D eigenvalue weighted by Crippen LogP contribution is -2.47. The van der Waals surface area contributed by atoms with Gasteiger partial charge in [-0.15, -0.1) is 0 Å². The van der Waals surface area contributed by atoms with E-state index in [1.807, 2.05) is 6.07 Å². The second kappa shape index (κ2) is 5.99. The van der Waals surface area contributed by atoms with E-state index < -0.39 is 0 Å². The normalized spacial score (nSPS) is 25.6. The molecule has 0 aromatic heterocycles. The van der Waals surface area contributed by atoms with Gasteiger partial charge in [-0.3, -0.25) is 15.0 Å². The lowest BCUT2D eigenvalue weighted by molar-refractivity contribution is -0.384. The highest BCUT2D eigenvalue weighted by Gasteiger charge is 2.36.